The van der Waals surface area contributed by atoms with Crippen molar-refractivity contribution in [3.8, 4) is 5.75 Å². The van der Waals surface area contributed by atoms with Crippen molar-refractivity contribution in [2.45, 2.75) is 82.8 Å². The van der Waals surface area contributed by atoms with Crippen LogP contribution in [0.5, 0.6) is 5.75 Å². The number of ketones is 1. The van der Waals surface area contributed by atoms with Gasteiger partial charge in [0.25, 0.3) is 0 Å². The number of hydrogen-bond acceptors (Lipinski definition) is 3. The number of likely N-dealkylation sites (tertiary alicyclic amines) is 1. The van der Waals surface area contributed by atoms with Gasteiger partial charge in [-0.2, -0.15) is 0 Å². The molecule has 1 aliphatic heterocycles. The number of nitrogens with zero attached hydrogens (tertiary/aromatic N) is 1. The van der Waals surface area contributed by atoms with E-state index in [1.807, 2.05) is 0 Å². The van der Waals surface area contributed by atoms with E-state index in [2.05, 4.69) is 63.0 Å². The number of piperidine rings is 1. The third-order valence-corrected chi connectivity index (χ3v) is 12.6. The fraction of sp³-hybridized carbons (Fsp3) is 0.720. The molecular weight excluding hydrogens is 374 g/mol. The zero-order chi connectivity index (χ0) is 20.9. The van der Waals surface area contributed by atoms with Crippen LogP contribution in [0.25, 0.3) is 0 Å². The molecule has 160 valence electrons. The van der Waals surface area contributed by atoms with Gasteiger partial charge >= 0.3 is 0 Å². The van der Waals surface area contributed by atoms with Crippen LogP contribution in [0.15, 0.2) is 24.3 Å². The van der Waals surface area contributed by atoms with Crippen molar-refractivity contribution in [3.63, 3.8) is 0 Å². The average molecular weight is 414 g/mol. The van der Waals surface area contributed by atoms with E-state index in [9.17, 15) is 4.79 Å². The molecule has 3 fully saturated rings. The standard InChI is InChI=1S/C25H39NO2Si/c1-24(2,3)29(4,5)28-23-8-6-7-20(15-23)25-13-14-26(17-19-9-10-19)18-21(25)11-12-22(27)16-25/h6-8,15,19,21H,9-14,16-18H2,1-5H3/t21-,25+/m1/s1. The topological polar surface area (TPSA) is 29.5 Å². The van der Waals surface area contributed by atoms with E-state index in [-0.39, 0.29) is 10.5 Å². The molecule has 1 aromatic rings. The Bertz CT molecular complexity index is 764. The lowest BCUT2D eigenvalue weighted by Gasteiger charge is -2.51. The van der Waals surface area contributed by atoms with Crippen LogP contribution in [0.4, 0.5) is 0 Å². The van der Waals surface area contributed by atoms with Gasteiger partial charge in [-0.3, -0.25) is 4.79 Å². The fourth-order valence-electron chi connectivity index (χ4n) is 5.15. The predicted molar refractivity (Wildman–Crippen MR) is 122 cm³/mol. The minimum Gasteiger partial charge on any atom is -0.543 e. The van der Waals surface area contributed by atoms with Crippen LogP contribution in [0.3, 0.4) is 0 Å². The lowest BCUT2D eigenvalue weighted by Crippen LogP contribution is -2.53. The molecule has 2 atom stereocenters. The minimum atomic E-state index is -1.88. The maximum Gasteiger partial charge on any atom is 0.250 e. The highest BCUT2D eigenvalue weighted by molar-refractivity contribution is 6.74. The highest BCUT2D eigenvalue weighted by atomic mass is 28.4. The SMILES string of the molecule is CC(C)(C)[Si](C)(C)Oc1cccc([C@@]23CCN(CC4CC4)C[C@H]2CCC(=O)C3)c1. The first-order chi connectivity index (χ1) is 13.6. The molecule has 0 aromatic heterocycles. The molecular formula is C25H39NO2Si. The van der Waals surface area contributed by atoms with E-state index in [1.165, 1.54) is 24.9 Å². The maximum absolute atomic E-state index is 12.6. The number of Topliss-reactive ketones (excluding diaryl/α,β-unsaturated/α-hetero) is 1. The third-order valence-electron chi connectivity index (χ3n) is 8.22. The van der Waals surface area contributed by atoms with Crippen molar-refractivity contribution < 1.29 is 9.22 Å². The molecule has 0 N–H and O–H groups in total. The lowest BCUT2D eigenvalue weighted by atomic mass is 9.59. The molecule has 0 spiro atoms. The summed E-state index contributed by atoms with van der Waals surface area (Å²) in [6.07, 6.45) is 6.48. The summed E-state index contributed by atoms with van der Waals surface area (Å²) in [4.78, 5) is 15.3. The van der Waals surface area contributed by atoms with Gasteiger partial charge in [-0.05, 0) is 79.9 Å². The number of rotatable bonds is 5. The van der Waals surface area contributed by atoms with Crippen LogP contribution in [-0.2, 0) is 10.2 Å². The van der Waals surface area contributed by atoms with Crippen LogP contribution in [0.2, 0.25) is 18.1 Å². The summed E-state index contributed by atoms with van der Waals surface area (Å²) in [6.45, 7) is 15.0. The second kappa shape index (κ2) is 7.53. The first-order valence-electron chi connectivity index (χ1n) is 11.6. The van der Waals surface area contributed by atoms with E-state index in [4.69, 9.17) is 4.43 Å². The largest absolute Gasteiger partial charge is 0.543 e. The molecule has 1 aromatic carbocycles. The molecule has 29 heavy (non-hydrogen) atoms. The van der Waals surface area contributed by atoms with Gasteiger partial charge in [0.05, 0.1) is 0 Å². The van der Waals surface area contributed by atoms with Crippen molar-refractivity contribution in [3.05, 3.63) is 29.8 Å². The highest BCUT2D eigenvalue weighted by Gasteiger charge is 2.48. The number of benzene rings is 1. The fourth-order valence-corrected chi connectivity index (χ4v) is 6.17. The van der Waals surface area contributed by atoms with Crippen LogP contribution in [-0.4, -0.2) is 38.6 Å². The Balaban J connectivity index is 1.60. The molecule has 1 heterocycles. The number of carbonyl (C=O) groups is 1. The summed E-state index contributed by atoms with van der Waals surface area (Å²) < 4.78 is 6.63. The molecule has 3 aliphatic rings. The van der Waals surface area contributed by atoms with Crippen LogP contribution < -0.4 is 4.43 Å². The van der Waals surface area contributed by atoms with E-state index in [0.29, 0.717) is 11.7 Å². The summed E-state index contributed by atoms with van der Waals surface area (Å²) in [5.41, 5.74) is 1.36. The second-order valence-electron chi connectivity index (χ2n) is 11.5. The third kappa shape index (κ3) is 4.34. The first kappa shape index (κ1) is 21.1. The number of fused-ring (bicyclic) bond motifs is 1. The molecule has 0 bridgehead atoms. The molecule has 0 unspecified atom stereocenters. The molecule has 4 heteroatoms. The Labute approximate surface area is 178 Å². The van der Waals surface area contributed by atoms with Gasteiger partial charge in [-0.25, -0.2) is 0 Å². The molecule has 2 aliphatic carbocycles. The second-order valence-corrected chi connectivity index (χ2v) is 16.2. The monoisotopic (exact) mass is 413 g/mol. The smallest absolute Gasteiger partial charge is 0.250 e. The number of carbonyl (C=O) groups excluding carboxylic acids is 1. The quantitative estimate of drug-likeness (QED) is 0.572. The molecule has 0 radical (unpaired) electrons. The Morgan fingerprint density at radius 3 is 2.66 bits per heavy atom. The van der Waals surface area contributed by atoms with E-state index < -0.39 is 8.32 Å². The van der Waals surface area contributed by atoms with Crippen molar-refractivity contribution in [2.24, 2.45) is 11.8 Å². The summed E-state index contributed by atoms with van der Waals surface area (Å²) >= 11 is 0. The van der Waals surface area contributed by atoms with E-state index in [0.717, 1.165) is 50.4 Å². The Hall–Kier alpha value is -1.13. The molecule has 2 saturated carbocycles. The molecule has 1 saturated heterocycles. The van der Waals surface area contributed by atoms with Crippen molar-refractivity contribution >= 4 is 14.1 Å². The molecule has 0 amide bonds. The Morgan fingerprint density at radius 2 is 1.97 bits per heavy atom. The van der Waals surface area contributed by atoms with Crippen molar-refractivity contribution in [1.29, 1.82) is 0 Å². The predicted octanol–water partition coefficient (Wildman–Crippen LogP) is 5.79. The summed E-state index contributed by atoms with van der Waals surface area (Å²) in [5, 5.41) is 0.179. The van der Waals surface area contributed by atoms with Crippen LogP contribution in [0.1, 0.15) is 64.9 Å². The van der Waals surface area contributed by atoms with Crippen LogP contribution in [0, 0.1) is 11.8 Å². The van der Waals surface area contributed by atoms with Crippen molar-refractivity contribution in [2.75, 3.05) is 19.6 Å². The average Bonchev–Trinajstić information content (AvgIpc) is 3.45. The maximum atomic E-state index is 12.6. The summed E-state index contributed by atoms with van der Waals surface area (Å²) in [5.74, 6) is 2.98. The van der Waals surface area contributed by atoms with Crippen LogP contribution >= 0.6 is 0 Å². The van der Waals surface area contributed by atoms with Gasteiger partial charge in [0.2, 0.25) is 8.32 Å². The molecule has 3 nitrogen and oxygen atoms in total. The van der Waals surface area contributed by atoms with Gasteiger partial charge in [0.15, 0.2) is 0 Å². The summed E-state index contributed by atoms with van der Waals surface area (Å²) in [6, 6.07) is 8.81. The Morgan fingerprint density at radius 1 is 1.21 bits per heavy atom. The van der Waals surface area contributed by atoms with Gasteiger partial charge in [-0.15, -0.1) is 0 Å². The summed E-state index contributed by atoms with van der Waals surface area (Å²) in [7, 11) is -1.88. The molecule has 4 rings (SSSR count). The van der Waals surface area contributed by atoms with Gasteiger partial charge in [-0.1, -0.05) is 32.9 Å². The first-order valence-corrected chi connectivity index (χ1v) is 14.5. The Kier molecular flexibility index (Phi) is 5.48. The zero-order valence-electron chi connectivity index (χ0n) is 19.1. The van der Waals surface area contributed by atoms with Gasteiger partial charge in [0.1, 0.15) is 11.5 Å². The normalized spacial score (nSPS) is 28.9. The van der Waals surface area contributed by atoms with Crippen molar-refractivity contribution in [1.82, 2.24) is 4.90 Å². The van der Waals surface area contributed by atoms with Gasteiger partial charge < -0.3 is 9.33 Å². The highest BCUT2D eigenvalue weighted by Crippen LogP contribution is 2.49. The van der Waals surface area contributed by atoms with E-state index >= 15 is 0 Å². The number of hydrogen-bond donors (Lipinski definition) is 0. The lowest BCUT2D eigenvalue weighted by molar-refractivity contribution is -0.125. The van der Waals surface area contributed by atoms with Gasteiger partial charge in [0, 0.05) is 31.3 Å². The minimum absolute atomic E-state index is 0.0161. The van der Waals surface area contributed by atoms with E-state index in [1.54, 1.807) is 0 Å². The zero-order valence-corrected chi connectivity index (χ0v) is 20.1.